The Labute approximate surface area is 137 Å². The number of hydrogen-bond acceptors (Lipinski definition) is 2. The molecule has 1 amide bonds. The molecule has 3 rings (SSSR count). The van der Waals surface area contributed by atoms with Gasteiger partial charge < -0.3 is 10.2 Å². The summed E-state index contributed by atoms with van der Waals surface area (Å²) in [6.07, 6.45) is 4.32. The van der Waals surface area contributed by atoms with E-state index in [0.29, 0.717) is 0 Å². The Morgan fingerprint density at radius 3 is 2.57 bits per heavy atom. The van der Waals surface area contributed by atoms with Crippen molar-refractivity contribution >= 4 is 17.3 Å². The molecule has 2 aromatic rings. The van der Waals surface area contributed by atoms with E-state index in [0.717, 1.165) is 17.8 Å². The first-order chi connectivity index (χ1) is 11.2. The standard InChI is InChI=1S/C20H22N2O/c1-3-9-20(23)22-15(2)14-18(17-12-7-8-13-19(17)22)21-16-10-5-4-6-11-16/h3-13,15,18,21H,14H2,1-2H3/b9-3+/t15-,18-/m1/s1. The summed E-state index contributed by atoms with van der Waals surface area (Å²) in [6.45, 7) is 3.98. The number of benzene rings is 2. The van der Waals surface area contributed by atoms with Gasteiger partial charge in [-0.25, -0.2) is 0 Å². The van der Waals surface area contributed by atoms with E-state index in [2.05, 4.69) is 30.4 Å². The molecule has 0 radical (unpaired) electrons. The van der Waals surface area contributed by atoms with Crippen molar-refractivity contribution in [1.29, 1.82) is 0 Å². The molecule has 23 heavy (non-hydrogen) atoms. The number of allylic oxidation sites excluding steroid dienone is 1. The average molecular weight is 306 g/mol. The van der Waals surface area contributed by atoms with Gasteiger partial charge in [-0.05, 0) is 50.1 Å². The van der Waals surface area contributed by atoms with Crippen LogP contribution >= 0.6 is 0 Å². The van der Waals surface area contributed by atoms with Crippen molar-refractivity contribution in [2.24, 2.45) is 0 Å². The van der Waals surface area contributed by atoms with Gasteiger partial charge in [-0.2, -0.15) is 0 Å². The first kappa shape index (κ1) is 15.3. The molecule has 1 N–H and O–H groups in total. The van der Waals surface area contributed by atoms with Crippen LogP contribution in [0.3, 0.4) is 0 Å². The largest absolute Gasteiger partial charge is 0.378 e. The Hall–Kier alpha value is -2.55. The number of amides is 1. The van der Waals surface area contributed by atoms with Gasteiger partial charge in [0.25, 0.3) is 5.91 Å². The summed E-state index contributed by atoms with van der Waals surface area (Å²) in [6, 6.07) is 18.7. The minimum atomic E-state index is 0.0469. The number of anilines is 2. The molecular weight excluding hydrogens is 284 g/mol. The molecule has 0 saturated carbocycles. The van der Waals surface area contributed by atoms with Gasteiger partial charge in [0.2, 0.25) is 0 Å². The first-order valence-corrected chi connectivity index (χ1v) is 8.07. The molecule has 2 atom stereocenters. The Balaban J connectivity index is 1.95. The maximum atomic E-state index is 12.5. The lowest BCUT2D eigenvalue weighted by Gasteiger charge is -2.39. The second-order valence-electron chi connectivity index (χ2n) is 5.91. The molecule has 1 aliphatic heterocycles. The lowest BCUT2D eigenvalue weighted by molar-refractivity contribution is -0.114. The van der Waals surface area contributed by atoms with Crippen LogP contribution in [0.2, 0.25) is 0 Å². The van der Waals surface area contributed by atoms with Gasteiger partial charge in [0.1, 0.15) is 0 Å². The van der Waals surface area contributed by atoms with Crippen molar-refractivity contribution in [1.82, 2.24) is 0 Å². The number of rotatable bonds is 3. The van der Waals surface area contributed by atoms with Gasteiger partial charge in [-0.15, -0.1) is 0 Å². The number of hydrogen-bond donors (Lipinski definition) is 1. The number of nitrogens with zero attached hydrogens (tertiary/aromatic N) is 1. The van der Waals surface area contributed by atoms with Gasteiger partial charge in [0.05, 0.1) is 6.04 Å². The number of fused-ring (bicyclic) bond motifs is 1. The zero-order valence-electron chi connectivity index (χ0n) is 13.6. The number of nitrogens with one attached hydrogen (secondary N) is 1. The normalized spacial score (nSPS) is 20.3. The fraction of sp³-hybridized carbons (Fsp3) is 0.250. The molecule has 0 bridgehead atoms. The van der Waals surface area contributed by atoms with E-state index in [-0.39, 0.29) is 18.0 Å². The summed E-state index contributed by atoms with van der Waals surface area (Å²) < 4.78 is 0. The molecule has 0 aromatic heterocycles. The summed E-state index contributed by atoms with van der Waals surface area (Å²) in [5, 5.41) is 3.60. The highest BCUT2D eigenvalue weighted by molar-refractivity contribution is 6.02. The zero-order chi connectivity index (χ0) is 16.2. The van der Waals surface area contributed by atoms with Gasteiger partial charge in [-0.1, -0.05) is 42.5 Å². The van der Waals surface area contributed by atoms with E-state index in [1.54, 1.807) is 12.2 Å². The summed E-state index contributed by atoms with van der Waals surface area (Å²) in [5.74, 6) is 0.0469. The maximum absolute atomic E-state index is 12.5. The van der Waals surface area contributed by atoms with Crippen LogP contribution < -0.4 is 10.2 Å². The fourth-order valence-corrected chi connectivity index (χ4v) is 3.24. The van der Waals surface area contributed by atoms with Crippen molar-refractivity contribution in [3.63, 3.8) is 0 Å². The van der Waals surface area contributed by atoms with Crippen LogP contribution in [0.25, 0.3) is 0 Å². The molecule has 2 aromatic carbocycles. The van der Waals surface area contributed by atoms with Gasteiger partial charge in [-0.3, -0.25) is 4.79 Å². The van der Waals surface area contributed by atoms with E-state index in [1.807, 2.05) is 48.2 Å². The van der Waals surface area contributed by atoms with Crippen molar-refractivity contribution < 1.29 is 4.79 Å². The first-order valence-electron chi connectivity index (χ1n) is 8.07. The lowest BCUT2D eigenvalue weighted by Crippen LogP contribution is -2.43. The van der Waals surface area contributed by atoms with Gasteiger partial charge >= 0.3 is 0 Å². The van der Waals surface area contributed by atoms with Crippen LogP contribution in [-0.2, 0) is 4.79 Å². The molecule has 0 aliphatic carbocycles. The van der Waals surface area contributed by atoms with Crippen LogP contribution in [0, 0.1) is 0 Å². The average Bonchev–Trinajstić information content (AvgIpc) is 2.56. The molecule has 0 spiro atoms. The molecular formula is C20H22N2O. The Kier molecular flexibility index (Phi) is 4.47. The highest BCUT2D eigenvalue weighted by atomic mass is 16.2. The van der Waals surface area contributed by atoms with E-state index in [9.17, 15) is 4.79 Å². The number of para-hydroxylation sites is 2. The third-order valence-electron chi connectivity index (χ3n) is 4.25. The van der Waals surface area contributed by atoms with E-state index in [4.69, 9.17) is 0 Å². The predicted molar refractivity (Wildman–Crippen MR) is 95.6 cm³/mol. The molecule has 0 unspecified atom stereocenters. The highest BCUT2D eigenvalue weighted by Crippen LogP contribution is 2.38. The van der Waals surface area contributed by atoms with Crippen molar-refractivity contribution in [2.75, 3.05) is 10.2 Å². The minimum absolute atomic E-state index is 0.0469. The number of carbonyl (C=O) groups is 1. The summed E-state index contributed by atoms with van der Waals surface area (Å²) in [5.41, 5.74) is 3.28. The SMILES string of the molecule is C/C=C/C(=O)N1c2ccccc2[C@H](Nc2ccccc2)C[C@H]1C. The van der Waals surface area contributed by atoms with Gasteiger partial charge in [0.15, 0.2) is 0 Å². The molecule has 0 saturated heterocycles. The van der Waals surface area contributed by atoms with Crippen molar-refractivity contribution in [2.45, 2.75) is 32.4 Å². The van der Waals surface area contributed by atoms with E-state index < -0.39 is 0 Å². The molecule has 118 valence electrons. The second-order valence-corrected chi connectivity index (χ2v) is 5.91. The third-order valence-corrected chi connectivity index (χ3v) is 4.25. The highest BCUT2D eigenvalue weighted by Gasteiger charge is 2.32. The molecule has 1 aliphatic rings. The molecule has 3 heteroatoms. The Morgan fingerprint density at radius 1 is 1.13 bits per heavy atom. The summed E-state index contributed by atoms with van der Waals surface area (Å²) >= 11 is 0. The molecule has 1 heterocycles. The smallest absolute Gasteiger partial charge is 0.250 e. The predicted octanol–water partition coefficient (Wildman–Crippen LogP) is 4.54. The molecule has 0 fully saturated rings. The quantitative estimate of drug-likeness (QED) is 0.844. The summed E-state index contributed by atoms with van der Waals surface area (Å²) in [4.78, 5) is 14.4. The van der Waals surface area contributed by atoms with E-state index >= 15 is 0 Å². The third kappa shape index (κ3) is 3.14. The lowest BCUT2D eigenvalue weighted by atomic mass is 9.91. The van der Waals surface area contributed by atoms with Crippen LogP contribution in [0.15, 0.2) is 66.7 Å². The molecule has 3 nitrogen and oxygen atoms in total. The van der Waals surface area contributed by atoms with Crippen LogP contribution in [0.1, 0.15) is 31.9 Å². The van der Waals surface area contributed by atoms with Crippen LogP contribution in [0.5, 0.6) is 0 Å². The van der Waals surface area contributed by atoms with E-state index in [1.165, 1.54) is 5.56 Å². The topological polar surface area (TPSA) is 32.3 Å². The summed E-state index contributed by atoms with van der Waals surface area (Å²) in [7, 11) is 0. The van der Waals surface area contributed by atoms with Crippen molar-refractivity contribution in [3.05, 3.63) is 72.3 Å². The monoisotopic (exact) mass is 306 g/mol. The Bertz CT molecular complexity index is 709. The van der Waals surface area contributed by atoms with Crippen LogP contribution in [-0.4, -0.2) is 11.9 Å². The minimum Gasteiger partial charge on any atom is -0.378 e. The van der Waals surface area contributed by atoms with Crippen molar-refractivity contribution in [3.8, 4) is 0 Å². The second kappa shape index (κ2) is 6.69. The number of carbonyl (C=O) groups excluding carboxylic acids is 1. The fourth-order valence-electron chi connectivity index (χ4n) is 3.24. The Morgan fingerprint density at radius 2 is 1.83 bits per heavy atom. The van der Waals surface area contributed by atoms with Crippen LogP contribution in [0.4, 0.5) is 11.4 Å². The zero-order valence-corrected chi connectivity index (χ0v) is 13.6. The maximum Gasteiger partial charge on any atom is 0.250 e. The van der Waals surface area contributed by atoms with Gasteiger partial charge in [0, 0.05) is 17.4 Å².